The maximum Gasteiger partial charge on any atom is 0.321 e. The average Bonchev–Trinajstić information content (AvgIpc) is 0.835. The third-order valence-corrected chi connectivity index (χ3v) is 18.4. The lowest BCUT2D eigenvalue weighted by atomic mass is 9.91. The Hall–Kier alpha value is -6.35. The number of nitrogens with two attached hydrogens (primary N) is 1. The number of thioether (sulfide) groups is 1. The van der Waals surface area contributed by atoms with Crippen molar-refractivity contribution in [2.45, 2.75) is 235 Å². The molecule has 14 atom stereocenters. The van der Waals surface area contributed by atoms with E-state index < -0.39 is 167 Å². The van der Waals surface area contributed by atoms with Gasteiger partial charge < -0.3 is 71.5 Å². The first-order valence-corrected chi connectivity index (χ1v) is 34.0. The molecule has 0 spiro atoms. The van der Waals surface area contributed by atoms with Crippen LogP contribution >= 0.6 is 11.8 Å². The Balaban J connectivity index is 4.56. The molecule has 1 fully saturated rings. The molecule has 11 amide bonds. The molecule has 0 aromatic rings. The van der Waals surface area contributed by atoms with E-state index in [1.54, 1.807) is 60.6 Å². The van der Waals surface area contributed by atoms with Gasteiger partial charge in [0.05, 0.1) is 6.10 Å². The highest BCUT2D eigenvalue weighted by atomic mass is 32.2. The molecule has 93 heavy (non-hydrogen) atoms. The van der Waals surface area contributed by atoms with Crippen molar-refractivity contribution in [2.24, 2.45) is 47.2 Å². The van der Waals surface area contributed by atoms with Gasteiger partial charge in [0.2, 0.25) is 65.0 Å². The van der Waals surface area contributed by atoms with Gasteiger partial charge in [0.1, 0.15) is 72.5 Å². The predicted octanol–water partition coefficient (Wildman–Crippen LogP) is 2.78. The summed E-state index contributed by atoms with van der Waals surface area (Å²) in [5.74, 6) is -12.5. The van der Waals surface area contributed by atoms with Gasteiger partial charge in [-0.1, -0.05) is 109 Å². The summed E-state index contributed by atoms with van der Waals surface area (Å²) in [7, 11) is 9.69. The highest BCUT2D eigenvalue weighted by Gasteiger charge is 2.46. The summed E-state index contributed by atoms with van der Waals surface area (Å²) in [4.78, 5) is 183. The summed E-state index contributed by atoms with van der Waals surface area (Å²) in [6.07, 6.45) is 2.55. The largest absolute Gasteiger partial charge is 0.480 e. The van der Waals surface area contributed by atoms with E-state index in [4.69, 9.17) is 5.73 Å². The molecule has 532 valence electrons. The number of carboxylic acids is 1. The summed E-state index contributed by atoms with van der Waals surface area (Å²) in [5.41, 5.74) is 5.90. The number of hydrogen-bond donors (Lipinski definition) is 7. The van der Waals surface area contributed by atoms with E-state index >= 15 is 28.8 Å². The molecule has 0 aliphatic carbocycles. The number of hydrogen-bond acceptors (Lipinski definition) is 15. The van der Waals surface area contributed by atoms with Gasteiger partial charge in [-0.2, -0.15) is 11.8 Å². The Bertz CT molecular complexity index is 2590. The second-order valence-electron chi connectivity index (χ2n) is 27.8. The van der Waals surface area contributed by atoms with Crippen LogP contribution in [0.5, 0.6) is 0 Å². The fourth-order valence-corrected chi connectivity index (χ4v) is 12.5. The Morgan fingerprint density at radius 1 is 0.495 bits per heavy atom. The molecule has 0 saturated carbocycles. The lowest BCUT2D eigenvalue weighted by Gasteiger charge is -2.41. The number of likely N-dealkylation sites (N-methyl/N-ethyl adjacent to an activating group) is 7. The number of carbonyl (C=O) groups excluding carboxylic acids is 11. The van der Waals surface area contributed by atoms with Crippen molar-refractivity contribution in [1.82, 2.24) is 55.6 Å². The van der Waals surface area contributed by atoms with Crippen molar-refractivity contribution < 1.29 is 67.7 Å². The van der Waals surface area contributed by atoms with Gasteiger partial charge in [-0.05, 0) is 101 Å². The van der Waals surface area contributed by atoms with Gasteiger partial charge >= 0.3 is 5.97 Å². The smallest absolute Gasteiger partial charge is 0.321 e. The van der Waals surface area contributed by atoms with Crippen LogP contribution < -0.4 is 27.0 Å². The van der Waals surface area contributed by atoms with Gasteiger partial charge in [0.25, 0.3) is 0 Å². The fraction of sp³-hybridized carbons (Fsp3) is 0.788. The van der Waals surface area contributed by atoms with Crippen molar-refractivity contribution >= 4 is 82.7 Å². The molecule has 1 aliphatic heterocycles. The Kier molecular flexibility index (Phi) is 35.4. The lowest BCUT2D eigenvalue weighted by Crippen LogP contribution is -2.64. The first kappa shape index (κ1) is 84.7. The Labute approximate surface area is 558 Å². The minimum atomic E-state index is -1.70. The van der Waals surface area contributed by atoms with E-state index in [0.29, 0.717) is 0 Å². The summed E-state index contributed by atoms with van der Waals surface area (Å²) in [6, 6.07) is -15.9. The second kappa shape index (κ2) is 38.9. The standard InChI is InChI=1S/C66H118N12O14S/c1-25-27-28-41(15)54(79)53-58(83)70-45(26-2)60(85)76(22)50(34-93-33-44(67)66(91)92)63(88)72(18)47(30-36(5)6)57(82)71-51(39(11)12)64(89)73(19)46(29-35(3)4)56(81)68-42(16)55(80)69-43(17)59(84)74(20)48(31-37(7)8)61(86)75(21)49(32-38(9)10)62(87)77(23)52(40(13)14)65(90)78(53)24/h25,27,35-54,79H,26,28-34,67H2,1-24H3,(H,68,81)(H,69,80)(H,70,83)(H,71,82)(H,91,92)/t41-,42-,43+,44+,45-,46-,47+,48-,49-,50-,51-,52-,53-,54-/m1/s1. The topological polar surface area (TPSA) is 342 Å². The van der Waals surface area contributed by atoms with Crippen LogP contribution in [-0.2, 0) is 57.5 Å². The number of rotatable bonds is 20. The van der Waals surface area contributed by atoms with Crippen LogP contribution in [0.1, 0.15) is 156 Å². The van der Waals surface area contributed by atoms with E-state index in [-0.39, 0.29) is 73.7 Å². The van der Waals surface area contributed by atoms with Gasteiger partial charge in [-0.15, -0.1) is 0 Å². The minimum absolute atomic E-state index is 0.0487. The van der Waals surface area contributed by atoms with Crippen LogP contribution in [0.3, 0.4) is 0 Å². The summed E-state index contributed by atoms with van der Waals surface area (Å²) in [6.45, 7) is 29.4. The SMILES string of the molecule is CC=CC[C@@H](C)[C@@H](O)[C@@H]1C(=O)N[C@H](CC)C(=O)N(C)[C@H](CSC[C@H](N)C(=O)O)C(=O)N(C)[C@@H](CC(C)C)C(=O)N[C@H](C(C)C)C(=O)N(C)[C@H](CC(C)C)C(=O)N[C@H](C)C(=O)N[C@@H](C)C(=O)N(C)[C@H](CC(C)C)C(=O)N(C)[C@H](CC(C)C)C(=O)N(C)[C@H](C(C)C)C(=O)N1C. The van der Waals surface area contributed by atoms with Crippen LogP contribution in [-0.4, -0.2) is 255 Å². The van der Waals surface area contributed by atoms with Crippen LogP contribution in [0.15, 0.2) is 12.2 Å². The first-order chi connectivity index (χ1) is 42.9. The molecular formula is C66H118N12O14S. The highest BCUT2D eigenvalue weighted by Crippen LogP contribution is 2.26. The molecule has 0 bridgehead atoms. The molecule has 26 nitrogen and oxygen atoms in total. The van der Waals surface area contributed by atoms with Gasteiger partial charge in [0.15, 0.2) is 0 Å². The first-order valence-electron chi connectivity index (χ1n) is 32.9. The maximum atomic E-state index is 15.3. The molecule has 0 aromatic heterocycles. The van der Waals surface area contributed by atoms with E-state index in [9.17, 15) is 39.0 Å². The third kappa shape index (κ3) is 24.1. The number of nitrogens with one attached hydrogen (secondary N) is 4. The zero-order valence-corrected chi connectivity index (χ0v) is 61.1. The molecule has 0 unspecified atom stereocenters. The van der Waals surface area contributed by atoms with Crippen molar-refractivity contribution in [3.63, 3.8) is 0 Å². The Morgan fingerprint density at radius 2 is 0.892 bits per heavy atom. The number of carboxylic acid groups (broad SMARTS) is 1. The molecule has 1 rings (SSSR count). The fourth-order valence-electron chi connectivity index (χ4n) is 11.4. The molecule has 1 aliphatic rings. The lowest BCUT2D eigenvalue weighted by molar-refractivity contribution is -0.157. The molecule has 8 N–H and O–H groups in total. The normalized spacial score (nSPS) is 26.7. The van der Waals surface area contributed by atoms with Crippen LogP contribution in [0.25, 0.3) is 0 Å². The summed E-state index contributed by atoms with van der Waals surface area (Å²) in [5, 5.41) is 32.9. The van der Waals surface area contributed by atoms with Crippen molar-refractivity contribution in [2.75, 3.05) is 60.8 Å². The van der Waals surface area contributed by atoms with Gasteiger partial charge in [-0.25, -0.2) is 0 Å². The molecular weight excluding hydrogens is 1220 g/mol. The minimum Gasteiger partial charge on any atom is -0.480 e. The maximum absolute atomic E-state index is 15.3. The average molecular weight is 1340 g/mol. The third-order valence-electron chi connectivity index (χ3n) is 17.3. The van der Waals surface area contributed by atoms with Crippen LogP contribution in [0.4, 0.5) is 0 Å². The molecule has 27 heteroatoms. The monoisotopic (exact) mass is 1330 g/mol. The van der Waals surface area contributed by atoms with Crippen molar-refractivity contribution in [1.29, 1.82) is 0 Å². The number of carbonyl (C=O) groups is 12. The van der Waals surface area contributed by atoms with E-state index in [1.165, 1.54) is 82.8 Å². The molecule has 1 saturated heterocycles. The summed E-state index contributed by atoms with van der Waals surface area (Å²) < 4.78 is 0. The van der Waals surface area contributed by atoms with Gasteiger partial charge in [-0.3, -0.25) is 57.5 Å². The van der Waals surface area contributed by atoms with Crippen molar-refractivity contribution in [3.8, 4) is 0 Å². The number of aliphatic carboxylic acids is 1. The number of nitrogens with zero attached hydrogens (tertiary/aromatic N) is 7. The van der Waals surface area contributed by atoms with Crippen LogP contribution in [0, 0.1) is 41.4 Å². The Morgan fingerprint density at radius 3 is 1.33 bits per heavy atom. The number of amides is 11. The second-order valence-corrected chi connectivity index (χ2v) is 28.9. The molecule has 1 heterocycles. The van der Waals surface area contributed by atoms with E-state index in [2.05, 4.69) is 21.3 Å². The number of allylic oxidation sites excluding steroid dienone is 2. The van der Waals surface area contributed by atoms with Crippen LogP contribution in [0.2, 0.25) is 0 Å². The quantitative estimate of drug-likeness (QED) is 0.0862. The van der Waals surface area contributed by atoms with Gasteiger partial charge in [0, 0.05) is 60.8 Å². The molecule has 0 radical (unpaired) electrons. The van der Waals surface area contributed by atoms with E-state index in [0.717, 1.165) is 26.5 Å². The van der Waals surface area contributed by atoms with E-state index in [1.807, 2.05) is 55.4 Å². The molecule has 0 aromatic carbocycles. The number of aliphatic hydroxyl groups is 1. The number of aliphatic hydroxyl groups excluding tert-OH is 1. The summed E-state index contributed by atoms with van der Waals surface area (Å²) >= 11 is 0.957. The predicted molar refractivity (Wildman–Crippen MR) is 360 cm³/mol. The highest BCUT2D eigenvalue weighted by molar-refractivity contribution is 7.99. The zero-order valence-electron chi connectivity index (χ0n) is 60.3. The zero-order chi connectivity index (χ0) is 72.1. The van der Waals surface area contributed by atoms with Crippen molar-refractivity contribution in [3.05, 3.63) is 12.2 Å².